The minimum Gasteiger partial charge on any atom is -0.373 e. The van der Waals surface area contributed by atoms with Crippen molar-refractivity contribution in [2.24, 2.45) is 0 Å². The quantitative estimate of drug-likeness (QED) is 0.785. The fourth-order valence-corrected chi connectivity index (χ4v) is 1.61. The van der Waals surface area contributed by atoms with Crippen LogP contribution in [-0.4, -0.2) is 30.0 Å². The third-order valence-corrected chi connectivity index (χ3v) is 2.64. The van der Waals surface area contributed by atoms with Crippen LogP contribution in [0.3, 0.4) is 0 Å². The molecule has 0 amide bonds. The van der Waals surface area contributed by atoms with E-state index >= 15 is 0 Å². The summed E-state index contributed by atoms with van der Waals surface area (Å²) in [5, 5.41) is 3.06. The Balaban J connectivity index is 2.00. The van der Waals surface area contributed by atoms with Crippen molar-refractivity contribution in [2.75, 3.05) is 19.4 Å². The van der Waals surface area contributed by atoms with Gasteiger partial charge in [-0.25, -0.2) is 4.98 Å². The molecule has 0 aliphatic heterocycles. The molecule has 14 heavy (non-hydrogen) atoms. The maximum Gasteiger partial charge on any atom is 0.126 e. The molecule has 3 heteroatoms. The lowest BCUT2D eigenvalue weighted by Gasteiger charge is -2.15. The second-order valence-electron chi connectivity index (χ2n) is 3.91. The summed E-state index contributed by atoms with van der Waals surface area (Å²) in [5.41, 5.74) is 1.14. The van der Waals surface area contributed by atoms with E-state index in [9.17, 15) is 0 Å². The van der Waals surface area contributed by atoms with E-state index in [2.05, 4.69) is 34.4 Å². The molecule has 1 saturated carbocycles. The molecule has 1 N–H and O–H groups in total. The van der Waals surface area contributed by atoms with E-state index in [1.165, 1.54) is 12.8 Å². The van der Waals surface area contributed by atoms with Crippen LogP contribution in [-0.2, 0) is 6.54 Å². The summed E-state index contributed by atoms with van der Waals surface area (Å²) in [5.74, 6) is 0.951. The fraction of sp³-hybridized carbons (Fsp3) is 0.545. The molecule has 0 radical (unpaired) electrons. The van der Waals surface area contributed by atoms with Crippen molar-refractivity contribution in [2.45, 2.75) is 25.4 Å². The Morgan fingerprint density at radius 3 is 2.93 bits per heavy atom. The first-order chi connectivity index (χ1) is 6.79. The number of nitrogens with one attached hydrogen (secondary N) is 1. The molecular weight excluding hydrogens is 174 g/mol. The van der Waals surface area contributed by atoms with Gasteiger partial charge in [-0.15, -0.1) is 0 Å². The van der Waals surface area contributed by atoms with Crippen LogP contribution in [0.2, 0.25) is 0 Å². The number of pyridine rings is 1. The average Bonchev–Trinajstić information content (AvgIpc) is 3.01. The SMILES string of the molecule is CNc1cccc(CN(C)C2CC2)n1. The second kappa shape index (κ2) is 3.96. The van der Waals surface area contributed by atoms with E-state index in [0.29, 0.717) is 0 Å². The number of aromatic nitrogens is 1. The summed E-state index contributed by atoms with van der Waals surface area (Å²) < 4.78 is 0. The predicted octanol–water partition coefficient (Wildman–Crippen LogP) is 1.72. The van der Waals surface area contributed by atoms with Gasteiger partial charge in [-0.1, -0.05) is 6.07 Å². The van der Waals surface area contributed by atoms with Gasteiger partial charge in [0.1, 0.15) is 5.82 Å². The summed E-state index contributed by atoms with van der Waals surface area (Å²) in [7, 11) is 4.07. The van der Waals surface area contributed by atoms with Gasteiger partial charge in [0.15, 0.2) is 0 Å². The molecule has 1 heterocycles. The van der Waals surface area contributed by atoms with Crippen molar-refractivity contribution in [1.29, 1.82) is 0 Å². The number of anilines is 1. The van der Waals surface area contributed by atoms with Crippen LogP contribution < -0.4 is 5.32 Å². The van der Waals surface area contributed by atoms with Crippen molar-refractivity contribution in [3.05, 3.63) is 23.9 Å². The zero-order valence-electron chi connectivity index (χ0n) is 8.83. The monoisotopic (exact) mass is 191 g/mol. The third kappa shape index (κ3) is 2.23. The van der Waals surface area contributed by atoms with E-state index in [-0.39, 0.29) is 0 Å². The van der Waals surface area contributed by atoms with E-state index in [0.717, 1.165) is 24.1 Å². The number of hydrogen-bond acceptors (Lipinski definition) is 3. The van der Waals surface area contributed by atoms with Gasteiger partial charge in [0.2, 0.25) is 0 Å². The van der Waals surface area contributed by atoms with Crippen molar-refractivity contribution < 1.29 is 0 Å². The van der Waals surface area contributed by atoms with Gasteiger partial charge >= 0.3 is 0 Å². The first-order valence-electron chi connectivity index (χ1n) is 5.13. The van der Waals surface area contributed by atoms with Crippen molar-refractivity contribution >= 4 is 5.82 Å². The molecule has 3 nitrogen and oxygen atoms in total. The summed E-state index contributed by atoms with van der Waals surface area (Å²) in [6, 6.07) is 6.92. The van der Waals surface area contributed by atoms with Crippen LogP contribution in [0.1, 0.15) is 18.5 Å². The molecule has 1 fully saturated rings. The Kier molecular flexibility index (Phi) is 2.68. The van der Waals surface area contributed by atoms with Crippen molar-refractivity contribution in [1.82, 2.24) is 9.88 Å². The number of rotatable bonds is 4. The van der Waals surface area contributed by atoms with E-state index < -0.39 is 0 Å². The number of hydrogen-bond donors (Lipinski definition) is 1. The normalized spacial score (nSPS) is 15.9. The van der Waals surface area contributed by atoms with Gasteiger partial charge in [-0.05, 0) is 32.0 Å². The van der Waals surface area contributed by atoms with Crippen LogP contribution in [0, 0.1) is 0 Å². The molecule has 0 bridgehead atoms. The van der Waals surface area contributed by atoms with Gasteiger partial charge in [0.25, 0.3) is 0 Å². The van der Waals surface area contributed by atoms with Gasteiger partial charge in [0, 0.05) is 19.6 Å². The largest absolute Gasteiger partial charge is 0.373 e. The molecule has 1 aliphatic carbocycles. The summed E-state index contributed by atoms with van der Waals surface area (Å²) in [4.78, 5) is 6.87. The zero-order valence-corrected chi connectivity index (χ0v) is 8.83. The number of nitrogens with zero attached hydrogens (tertiary/aromatic N) is 2. The van der Waals surface area contributed by atoms with Crippen LogP contribution in [0.25, 0.3) is 0 Å². The maximum atomic E-state index is 4.49. The highest BCUT2D eigenvalue weighted by Crippen LogP contribution is 2.26. The van der Waals surface area contributed by atoms with E-state index in [1.807, 2.05) is 13.1 Å². The van der Waals surface area contributed by atoms with E-state index in [4.69, 9.17) is 0 Å². The smallest absolute Gasteiger partial charge is 0.126 e. The summed E-state index contributed by atoms with van der Waals surface area (Å²) in [6.45, 7) is 0.959. The molecule has 1 aliphatic rings. The van der Waals surface area contributed by atoms with Crippen LogP contribution in [0.5, 0.6) is 0 Å². The summed E-state index contributed by atoms with van der Waals surface area (Å²) in [6.07, 6.45) is 2.70. The molecule has 1 aromatic rings. The van der Waals surface area contributed by atoms with Crippen molar-refractivity contribution in [3.8, 4) is 0 Å². The van der Waals surface area contributed by atoms with Crippen LogP contribution >= 0.6 is 0 Å². The zero-order chi connectivity index (χ0) is 9.97. The highest BCUT2D eigenvalue weighted by atomic mass is 15.2. The molecular formula is C11H17N3. The van der Waals surface area contributed by atoms with Crippen LogP contribution in [0.4, 0.5) is 5.82 Å². The minimum atomic E-state index is 0.801. The average molecular weight is 191 g/mol. The highest BCUT2D eigenvalue weighted by Gasteiger charge is 2.25. The Morgan fingerprint density at radius 2 is 2.29 bits per heavy atom. The Morgan fingerprint density at radius 1 is 1.50 bits per heavy atom. The second-order valence-corrected chi connectivity index (χ2v) is 3.91. The highest BCUT2D eigenvalue weighted by molar-refractivity contribution is 5.34. The standard InChI is InChI=1S/C11H17N3/c1-12-11-5-3-4-9(13-11)8-14(2)10-6-7-10/h3-5,10H,6-8H2,1-2H3,(H,12,13). The van der Waals surface area contributed by atoms with Gasteiger partial charge in [0.05, 0.1) is 5.69 Å². The fourth-order valence-electron chi connectivity index (χ4n) is 1.61. The molecule has 1 aromatic heterocycles. The van der Waals surface area contributed by atoms with Gasteiger partial charge < -0.3 is 5.32 Å². The summed E-state index contributed by atoms with van der Waals surface area (Å²) >= 11 is 0. The lowest BCUT2D eigenvalue weighted by molar-refractivity contribution is 0.312. The lowest BCUT2D eigenvalue weighted by Crippen LogP contribution is -2.20. The molecule has 0 unspecified atom stereocenters. The molecule has 0 aromatic carbocycles. The molecule has 0 spiro atoms. The first kappa shape index (κ1) is 9.46. The van der Waals surface area contributed by atoms with Crippen molar-refractivity contribution in [3.63, 3.8) is 0 Å². The Hall–Kier alpha value is -1.09. The molecule has 0 atom stereocenters. The maximum absolute atomic E-state index is 4.49. The topological polar surface area (TPSA) is 28.2 Å². The van der Waals surface area contributed by atoms with Gasteiger partial charge in [-0.3, -0.25) is 4.90 Å². The van der Waals surface area contributed by atoms with Gasteiger partial charge in [-0.2, -0.15) is 0 Å². The predicted molar refractivity (Wildman–Crippen MR) is 58.3 cm³/mol. The Bertz CT molecular complexity index is 307. The third-order valence-electron chi connectivity index (χ3n) is 2.64. The first-order valence-corrected chi connectivity index (χ1v) is 5.13. The molecule has 2 rings (SSSR count). The lowest BCUT2D eigenvalue weighted by atomic mass is 10.3. The Labute approximate surface area is 85.1 Å². The van der Waals surface area contributed by atoms with Crippen LogP contribution in [0.15, 0.2) is 18.2 Å². The van der Waals surface area contributed by atoms with E-state index in [1.54, 1.807) is 0 Å². The molecule has 76 valence electrons. The molecule has 0 saturated heterocycles. The minimum absolute atomic E-state index is 0.801.